The smallest absolute Gasteiger partial charge is 0.246 e. The molecule has 10 heteroatoms. The second kappa shape index (κ2) is 11.9. The highest BCUT2D eigenvalue weighted by Crippen LogP contribution is 2.42. The minimum Gasteiger partial charge on any atom is -0.362 e. The molecule has 2 N–H and O–H groups in total. The first-order chi connectivity index (χ1) is 19.9. The van der Waals surface area contributed by atoms with Gasteiger partial charge in [-0.15, -0.1) is 0 Å². The molecule has 0 aromatic heterocycles. The molecular formula is C31H42N6O4. The molecule has 4 aliphatic heterocycles. The summed E-state index contributed by atoms with van der Waals surface area (Å²) >= 11 is 0. The summed E-state index contributed by atoms with van der Waals surface area (Å²) < 4.78 is 12.8. The van der Waals surface area contributed by atoms with E-state index in [1.807, 2.05) is 12.1 Å². The third-order valence-corrected chi connectivity index (χ3v) is 10.0. The van der Waals surface area contributed by atoms with Crippen LogP contribution in [0, 0.1) is 17.2 Å². The van der Waals surface area contributed by atoms with Crippen LogP contribution < -0.4 is 10.6 Å². The van der Waals surface area contributed by atoms with Crippen molar-refractivity contribution in [3.8, 4) is 6.07 Å². The van der Waals surface area contributed by atoms with Gasteiger partial charge < -0.3 is 19.3 Å². The van der Waals surface area contributed by atoms with Crippen molar-refractivity contribution >= 4 is 11.7 Å². The fourth-order valence-corrected chi connectivity index (χ4v) is 7.65. The van der Waals surface area contributed by atoms with E-state index in [2.05, 4.69) is 52.3 Å². The number of benzene rings is 1. The lowest BCUT2D eigenvalue weighted by Crippen LogP contribution is -2.75. The van der Waals surface area contributed by atoms with Crippen molar-refractivity contribution in [2.24, 2.45) is 5.92 Å². The summed E-state index contributed by atoms with van der Waals surface area (Å²) in [5.41, 5.74) is 1.51. The van der Waals surface area contributed by atoms with Crippen molar-refractivity contribution in [2.75, 3.05) is 39.8 Å². The van der Waals surface area contributed by atoms with Gasteiger partial charge in [0.15, 0.2) is 12.1 Å². The maximum absolute atomic E-state index is 14.4. The number of amides is 1. The molecule has 6 unspecified atom stereocenters. The van der Waals surface area contributed by atoms with Crippen LogP contribution >= 0.6 is 0 Å². The van der Waals surface area contributed by atoms with Crippen molar-refractivity contribution < 1.29 is 19.1 Å². The van der Waals surface area contributed by atoms with Crippen LogP contribution in [0.4, 0.5) is 0 Å². The Bertz CT molecular complexity index is 1200. The maximum Gasteiger partial charge on any atom is 0.246 e. The Balaban J connectivity index is 1.24. The van der Waals surface area contributed by atoms with Gasteiger partial charge in [0.25, 0.3) is 0 Å². The molecule has 0 bridgehead atoms. The zero-order chi connectivity index (χ0) is 28.6. The lowest BCUT2D eigenvalue weighted by atomic mass is 9.68. The number of Topliss-reactive ketones (excluding diaryl/α,β-unsaturated/α-hetero) is 1. The fraction of sp³-hybridized carbons (Fsp3) is 0.645. The van der Waals surface area contributed by atoms with Crippen molar-refractivity contribution in [1.82, 2.24) is 25.3 Å². The number of hydrogen-bond donors (Lipinski definition) is 2. The highest BCUT2D eigenvalue weighted by atomic mass is 16.5. The van der Waals surface area contributed by atoms with Crippen LogP contribution in [0.1, 0.15) is 43.2 Å². The number of ketones is 1. The molecule has 0 radical (unpaired) electrons. The summed E-state index contributed by atoms with van der Waals surface area (Å²) in [4.78, 5) is 33.3. The summed E-state index contributed by atoms with van der Waals surface area (Å²) in [6.45, 7) is 7.45. The van der Waals surface area contributed by atoms with Crippen molar-refractivity contribution in [1.29, 1.82) is 5.26 Å². The Labute approximate surface area is 242 Å². The third kappa shape index (κ3) is 5.47. The predicted molar refractivity (Wildman–Crippen MR) is 152 cm³/mol. The number of rotatable bonds is 6. The van der Waals surface area contributed by atoms with Gasteiger partial charge in [-0.1, -0.05) is 30.8 Å². The standard InChI is InChI=1S/C31H42N6O4/c1-3-26(38)37-16-15-36(18-23(37)11-13-32)29-25-10-12-31(17-21-7-4-5-8-22(21)19-41-31)28(39)27(25)33-30(34-29)40-20-24-9-6-14-35(24)2/h3-5,7-8,23-25,27,29-30,33-34H,1,6,9-12,14-20H2,2H3/t23?,24?,25?,27?,29?,30?,31-/m1/s1. The van der Waals surface area contributed by atoms with Gasteiger partial charge in [-0.2, -0.15) is 5.26 Å². The van der Waals surface area contributed by atoms with Crippen LogP contribution in [-0.4, -0.2) is 102 Å². The molecule has 1 aliphatic carbocycles. The largest absolute Gasteiger partial charge is 0.362 e. The SMILES string of the molecule is C=CC(=O)N1CCN(C2NC(OCC3CCCN3C)NC3C(=O)[C@@]4(CCC32)Cc2ccccc2CO4)CC1CC#N. The summed E-state index contributed by atoms with van der Waals surface area (Å²) in [6.07, 6.45) is 5.28. The average molecular weight is 563 g/mol. The van der Waals surface area contributed by atoms with E-state index in [9.17, 15) is 14.9 Å². The highest BCUT2D eigenvalue weighted by molar-refractivity contribution is 5.94. The van der Waals surface area contributed by atoms with E-state index in [0.717, 1.165) is 31.4 Å². The van der Waals surface area contributed by atoms with Crippen LogP contribution in [-0.2, 0) is 32.1 Å². The first-order valence-corrected chi connectivity index (χ1v) is 15.1. The summed E-state index contributed by atoms with van der Waals surface area (Å²) in [5, 5.41) is 16.7. The van der Waals surface area contributed by atoms with Crippen LogP contribution in [0.2, 0.25) is 0 Å². The molecule has 6 rings (SSSR count). The minimum atomic E-state index is -0.834. The van der Waals surface area contributed by atoms with Gasteiger partial charge in [0.05, 0.1) is 44.0 Å². The fourth-order valence-electron chi connectivity index (χ4n) is 7.65. The van der Waals surface area contributed by atoms with Crippen LogP contribution in [0.5, 0.6) is 0 Å². The number of likely N-dealkylation sites (tertiary alicyclic amines) is 1. The summed E-state index contributed by atoms with van der Waals surface area (Å²) in [7, 11) is 2.13. The van der Waals surface area contributed by atoms with E-state index in [4.69, 9.17) is 9.47 Å². The average Bonchev–Trinajstić information content (AvgIpc) is 3.42. The van der Waals surface area contributed by atoms with E-state index in [-0.39, 0.29) is 36.2 Å². The van der Waals surface area contributed by atoms with E-state index in [0.29, 0.717) is 51.7 Å². The number of hydrogen-bond acceptors (Lipinski definition) is 9. The predicted octanol–water partition coefficient (Wildman–Crippen LogP) is 1.37. The van der Waals surface area contributed by atoms with Gasteiger partial charge in [0, 0.05) is 38.0 Å². The number of ether oxygens (including phenoxy) is 2. The molecule has 4 heterocycles. The molecule has 220 valence electrons. The third-order valence-electron chi connectivity index (χ3n) is 10.0. The monoisotopic (exact) mass is 562 g/mol. The maximum atomic E-state index is 14.4. The second-order valence-corrected chi connectivity index (χ2v) is 12.3. The topological polar surface area (TPSA) is 110 Å². The Hall–Kier alpha value is -2.65. The molecule has 1 spiro atoms. The highest BCUT2D eigenvalue weighted by Gasteiger charge is 2.56. The van der Waals surface area contributed by atoms with E-state index >= 15 is 0 Å². The van der Waals surface area contributed by atoms with Gasteiger partial charge in [0.1, 0.15) is 5.60 Å². The molecule has 10 nitrogen and oxygen atoms in total. The van der Waals surface area contributed by atoms with Crippen LogP contribution in [0.25, 0.3) is 0 Å². The molecule has 1 amide bonds. The van der Waals surface area contributed by atoms with Gasteiger partial charge in [-0.25, -0.2) is 0 Å². The Morgan fingerprint density at radius 3 is 2.80 bits per heavy atom. The minimum absolute atomic E-state index is 0.00675. The van der Waals surface area contributed by atoms with Crippen molar-refractivity contribution in [2.45, 2.75) is 81.4 Å². The number of likely N-dealkylation sites (N-methyl/N-ethyl adjacent to an activating group) is 1. The van der Waals surface area contributed by atoms with Gasteiger partial charge in [-0.05, 0) is 56.5 Å². The number of carbonyl (C=O) groups excluding carboxylic acids is 2. The summed E-state index contributed by atoms with van der Waals surface area (Å²) in [6, 6.07) is 10.2. The zero-order valence-electron chi connectivity index (χ0n) is 24.0. The molecule has 3 saturated heterocycles. The normalized spacial score (nSPS) is 36.0. The van der Waals surface area contributed by atoms with Gasteiger partial charge in [0.2, 0.25) is 5.91 Å². The molecular weight excluding hydrogens is 520 g/mol. The van der Waals surface area contributed by atoms with Gasteiger partial charge >= 0.3 is 0 Å². The number of fused-ring (bicyclic) bond motifs is 2. The number of piperazine rings is 1. The number of nitrogens with one attached hydrogen (secondary N) is 2. The van der Waals surface area contributed by atoms with E-state index in [1.54, 1.807) is 4.90 Å². The zero-order valence-corrected chi connectivity index (χ0v) is 24.0. The van der Waals surface area contributed by atoms with E-state index < -0.39 is 18.0 Å². The lowest BCUT2D eigenvalue weighted by Gasteiger charge is -2.55. The Kier molecular flexibility index (Phi) is 8.28. The second-order valence-electron chi connectivity index (χ2n) is 12.3. The molecule has 5 aliphatic rings. The first-order valence-electron chi connectivity index (χ1n) is 15.1. The van der Waals surface area contributed by atoms with E-state index in [1.165, 1.54) is 11.6 Å². The molecule has 41 heavy (non-hydrogen) atoms. The molecule has 1 saturated carbocycles. The molecule has 4 fully saturated rings. The van der Waals surface area contributed by atoms with Crippen molar-refractivity contribution in [3.05, 3.63) is 48.0 Å². The lowest BCUT2D eigenvalue weighted by molar-refractivity contribution is -0.173. The number of nitrogens with zero attached hydrogens (tertiary/aromatic N) is 4. The first kappa shape index (κ1) is 28.5. The Morgan fingerprint density at radius 1 is 1.22 bits per heavy atom. The number of nitriles is 1. The summed E-state index contributed by atoms with van der Waals surface area (Å²) in [5.74, 6) is -0.0323. The molecule has 1 aromatic rings. The molecule has 1 aromatic carbocycles. The van der Waals surface area contributed by atoms with Gasteiger partial charge in [-0.3, -0.25) is 25.1 Å². The Morgan fingerprint density at radius 2 is 2.05 bits per heavy atom. The number of carbonyl (C=O) groups is 2. The molecule has 7 atom stereocenters. The van der Waals surface area contributed by atoms with Crippen LogP contribution in [0.15, 0.2) is 36.9 Å². The van der Waals surface area contributed by atoms with Crippen LogP contribution in [0.3, 0.4) is 0 Å². The van der Waals surface area contributed by atoms with Crippen molar-refractivity contribution in [3.63, 3.8) is 0 Å². The quantitative estimate of drug-likeness (QED) is 0.497.